The van der Waals surface area contributed by atoms with Crippen LogP contribution in [0.5, 0.6) is 11.5 Å². The summed E-state index contributed by atoms with van der Waals surface area (Å²) in [7, 11) is 0. The number of benzene rings is 1. The second-order valence-electron chi connectivity index (χ2n) is 4.52. The summed E-state index contributed by atoms with van der Waals surface area (Å²) in [6, 6.07) is 5.90. The zero-order valence-electron chi connectivity index (χ0n) is 12.7. The van der Waals surface area contributed by atoms with Crippen LogP contribution in [-0.4, -0.2) is 23.2 Å². The highest BCUT2D eigenvalue weighted by molar-refractivity contribution is 5.55. The average Bonchev–Trinajstić information content (AvgIpc) is 2.51. The topological polar surface area (TPSA) is 56.3 Å². The van der Waals surface area contributed by atoms with E-state index in [2.05, 4.69) is 15.3 Å². The first-order valence-corrected chi connectivity index (χ1v) is 7.16. The Labute approximate surface area is 125 Å². The van der Waals surface area contributed by atoms with Crippen LogP contribution >= 0.6 is 0 Å². The van der Waals surface area contributed by atoms with E-state index < -0.39 is 0 Å². The molecular formula is C16H21N3O2. The smallest absolute Gasteiger partial charge is 0.163 e. The predicted molar refractivity (Wildman–Crippen MR) is 82.8 cm³/mol. The number of nitrogens with one attached hydrogen (secondary N) is 1. The van der Waals surface area contributed by atoms with E-state index in [1.807, 2.05) is 39.0 Å². The van der Waals surface area contributed by atoms with Crippen LogP contribution in [-0.2, 0) is 0 Å². The van der Waals surface area contributed by atoms with Gasteiger partial charge in [0.2, 0.25) is 0 Å². The second kappa shape index (κ2) is 7.47. The van der Waals surface area contributed by atoms with Crippen LogP contribution in [0, 0.1) is 0 Å². The van der Waals surface area contributed by atoms with Gasteiger partial charge in [0.15, 0.2) is 11.5 Å². The molecule has 0 amide bonds. The lowest BCUT2D eigenvalue weighted by molar-refractivity contribution is 0.288. The molecule has 0 aliphatic carbocycles. The molecule has 1 atom stereocenters. The van der Waals surface area contributed by atoms with E-state index in [1.54, 1.807) is 18.6 Å². The van der Waals surface area contributed by atoms with E-state index in [9.17, 15) is 0 Å². The van der Waals surface area contributed by atoms with E-state index in [0.717, 1.165) is 22.9 Å². The molecule has 0 aliphatic rings. The summed E-state index contributed by atoms with van der Waals surface area (Å²) in [4.78, 5) is 8.39. The number of hydrogen-bond acceptors (Lipinski definition) is 5. The van der Waals surface area contributed by atoms with Crippen molar-refractivity contribution >= 4 is 5.69 Å². The van der Waals surface area contributed by atoms with Crippen LogP contribution in [0.2, 0.25) is 0 Å². The molecule has 0 radical (unpaired) electrons. The van der Waals surface area contributed by atoms with E-state index >= 15 is 0 Å². The first-order valence-electron chi connectivity index (χ1n) is 7.16. The van der Waals surface area contributed by atoms with E-state index in [1.165, 1.54) is 0 Å². The van der Waals surface area contributed by atoms with E-state index in [0.29, 0.717) is 13.2 Å². The SMILES string of the molecule is CCOc1ccc(NC(C)c2cnccn2)cc1OCC. The van der Waals surface area contributed by atoms with Crippen molar-refractivity contribution in [3.63, 3.8) is 0 Å². The summed E-state index contributed by atoms with van der Waals surface area (Å²) in [5.74, 6) is 1.51. The second-order valence-corrected chi connectivity index (χ2v) is 4.52. The first-order chi connectivity index (χ1) is 10.2. The molecule has 0 aliphatic heterocycles. The monoisotopic (exact) mass is 287 g/mol. The molecule has 21 heavy (non-hydrogen) atoms. The van der Waals surface area contributed by atoms with Gasteiger partial charge in [0, 0.05) is 24.1 Å². The van der Waals surface area contributed by atoms with Gasteiger partial charge in [-0.1, -0.05) is 0 Å². The average molecular weight is 287 g/mol. The molecule has 1 N–H and O–H groups in total. The van der Waals surface area contributed by atoms with Gasteiger partial charge >= 0.3 is 0 Å². The molecule has 1 aromatic heterocycles. The summed E-state index contributed by atoms with van der Waals surface area (Å²) < 4.78 is 11.2. The predicted octanol–water partition coefficient (Wildman–Crippen LogP) is 3.45. The van der Waals surface area contributed by atoms with Crippen LogP contribution < -0.4 is 14.8 Å². The third kappa shape index (κ3) is 4.08. The van der Waals surface area contributed by atoms with Crippen LogP contribution in [0.25, 0.3) is 0 Å². The van der Waals surface area contributed by atoms with Gasteiger partial charge in [-0.15, -0.1) is 0 Å². The number of anilines is 1. The molecule has 0 spiro atoms. The number of aromatic nitrogens is 2. The third-order valence-corrected chi connectivity index (χ3v) is 2.95. The minimum Gasteiger partial charge on any atom is -0.490 e. The van der Waals surface area contributed by atoms with Crippen molar-refractivity contribution in [3.8, 4) is 11.5 Å². The fourth-order valence-electron chi connectivity index (χ4n) is 2.00. The Hall–Kier alpha value is -2.30. The Balaban J connectivity index is 2.14. The highest BCUT2D eigenvalue weighted by atomic mass is 16.5. The standard InChI is InChI=1S/C16H21N3O2/c1-4-20-15-7-6-13(10-16(15)21-5-2)19-12(3)14-11-17-8-9-18-14/h6-12,19H,4-5H2,1-3H3. The maximum absolute atomic E-state index is 5.62. The van der Waals surface area contributed by atoms with Gasteiger partial charge < -0.3 is 14.8 Å². The van der Waals surface area contributed by atoms with Crippen molar-refractivity contribution in [2.75, 3.05) is 18.5 Å². The molecule has 2 rings (SSSR count). The Bertz CT molecular complexity index is 561. The maximum atomic E-state index is 5.62. The lowest BCUT2D eigenvalue weighted by Gasteiger charge is -2.17. The van der Waals surface area contributed by atoms with E-state index in [4.69, 9.17) is 9.47 Å². The van der Waals surface area contributed by atoms with Crippen molar-refractivity contribution < 1.29 is 9.47 Å². The number of rotatable bonds is 7. The van der Waals surface area contributed by atoms with Crippen molar-refractivity contribution in [2.45, 2.75) is 26.8 Å². The summed E-state index contributed by atoms with van der Waals surface area (Å²) in [5.41, 5.74) is 1.85. The molecule has 5 heteroatoms. The highest BCUT2D eigenvalue weighted by Gasteiger charge is 2.10. The first kappa shape index (κ1) is 15.1. The van der Waals surface area contributed by atoms with Gasteiger partial charge in [-0.2, -0.15) is 0 Å². The quantitative estimate of drug-likeness (QED) is 0.845. The van der Waals surface area contributed by atoms with Gasteiger partial charge in [-0.3, -0.25) is 9.97 Å². The van der Waals surface area contributed by atoms with Gasteiger partial charge in [0.05, 0.1) is 31.1 Å². The molecule has 1 aromatic carbocycles. The van der Waals surface area contributed by atoms with E-state index in [-0.39, 0.29) is 6.04 Å². The van der Waals surface area contributed by atoms with Crippen LogP contribution in [0.15, 0.2) is 36.8 Å². The fourth-order valence-corrected chi connectivity index (χ4v) is 2.00. The van der Waals surface area contributed by atoms with Gasteiger partial charge in [0.25, 0.3) is 0 Å². The zero-order chi connectivity index (χ0) is 15.1. The minimum absolute atomic E-state index is 0.0612. The maximum Gasteiger partial charge on any atom is 0.163 e. The van der Waals surface area contributed by atoms with Gasteiger partial charge in [-0.25, -0.2) is 0 Å². The zero-order valence-corrected chi connectivity index (χ0v) is 12.7. The summed E-state index contributed by atoms with van der Waals surface area (Å²) in [5, 5.41) is 3.39. The number of hydrogen-bond donors (Lipinski definition) is 1. The molecule has 1 unspecified atom stereocenters. The van der Waals surface area contributed by atoms with Crippen LogP contribution in [0.4, 0.5) is 5.69 Å². The third-order valence-electron chi connectivity index (χ3n) is 2.95. The van der Waals surface area contributed by atoms with Crippen molar-refractivity contribution in [1.82, 2.24) is 9.97 Å². The largest absolute Gasteiger partial charge is 0.490 e. The van der Waals surface area contributed by atoms with Crippen molar-refractivity contribution in [2.24, 2.45) is 0 Å². The van der Waals surface area contributed by atoms with Crippen molar-refractivity contribution in [3.05, 3.63) is 42.5 Å². The molecule has 5 nitrogen and oxygen atoms in total. The fraction of sp³-hybridized carbons (Fsp3) is 0.375. The van der Waals surface area contributed by atoms with Gasteiger partial charge in [0.1, 0.15) is 0 Å². The lowest BCUT2D eigenvalue weighted by atomic mass is 10.2. The summed E-state index contributed by atoms with van der Waals surface area (Å²) in [6.07, 6.45) is 5.12. The highest BCUT2D eigenvalue weighted by Crippen LogP contribution is 2.31. The normalized spacial score (nSPS) is 11.8. The molecule has 2 aromatic rings. The number of nitrogens with zero attached hydrogens (tertiary/aromatic N) is 2. The Morgan fingerprint density at radius 3 is 2.52 bits per heavy atom. The molecule has 112 valence electrons. The minimum atomic E-state index is 0.0612. The molecule has 0 saturated carbocycles. The lowest BCUT2D eigenvalue weighted by Crippen LogP contribution is -2.09. The molecular weight excluding hydrogens is 266 g/mol. The Kier molecular flexibility index (Phi) is 5.37. The van der Waals surface area contributed by atoms with Gasteiger partial charge in [-0.05, 0) is 32.9 Å². The molecule has 0 bridgehead atoms. The molecule has 1 heterocycles. The van der Waals surface area contributed by atoms with Crippen molar-refractivity contribution in [1.29, 1.82) is 0 Å². The number of ether oxygens (including phenoxy) is 2. The molecule has 0 saturated heterocycles. The summed E-state index contributed by atoms with van der Waals surface area (Å²) >= 11 is 0. The van der Waals surface area contributed by atoms with Crippen LogP contribution in [0.3, 0.4) is 0 Å². The van der Waals surface area contributed by atoms with Crippen LogP contribution in [0.1, 0.15) is 32.5 Å². The Morgan fingerprint density at radius 2 is 1.86 bits per heavy atom. The summed E-state index contributed by atoms with van der Waals surface area (Å²) in [6.45, 7) is 7.17. The Morgan fingerprint density at radius 1 is 1.10 bits per heavy atom. The molecule has 0 fully saturated rings.